The molecule has 1 fully saturated rings. The summed E-state index contributed by atoms with van der Waals surface area (Å²) < 4.78 is 1.13. The molecule has 0 N–H and O–H groups in total. The smallest absolute Gasteiger partial charge is 0.127 e. The predicted molar refractivity (Wildman–Crippen MR) is 79.0 cm³/mol. The van der Waals surface area contributed by atoms with Gasteiger partial charge in [-0.1, -0.05) is 0 Å². The molecule has 0 saturated carbocycles. The molecule has 0 spiro atoms. The Kier molecular flexibility index (Phi) is 3.57. The molecule has 18 heavy (non-hydrogen) atoms. The van der Waals surface area contributed by atoms with E-state index in [0.29, 0.717) is 6.04 Å². The molecule has 0 bridgehead atoms. The monoisotopic (exact) mass is 309 g/mol. The average molecular weight is 310 g/mol. The van der Waals surface area contributed by atoms with Crippen molar-refractivity contribution in [1.29, 1.82) is 0 Å². The maximum Gasteiger partial charge on any atom is 0.127 e. The number of rotatable bonds is 3. The maximum absolute atomic E-state index is 4.79. The molecule has 0 aromatic heterocycles. The fourth-order valence-electron chi connectivity index (χ4n) is 3.02. The molecule has 0 aromatic carbocycles. The fraction of sp³-hybridized carbons (Fsp3) is 0.643. The van der Waals surface area contributed by atoms with E-state index in [1.807, 2.05) is 0 Å². The van der Waals surface area contributed by atoms with Gasteiger partial charge in [0, 0.05) is 29.8 Å². The lowest BCUT2D eigenvalue weighted by molar-refractivity contribution is 0.257. The first-order valence-corrected chi connectivity index (χ1v) is 7.65. The molecule has 3 nitrogen and oxygen atoms in total. The van der Waals surface area contributed by atoms with Crippen LogP contribution >= 0.6 is 15.9 Å². The zero-order chi connectivity index (χ0) is 12.5. The van der Waals surface area contributed by atoms with Gasteiger partial charge in [0.2, 0.25) is 0 Å². The fourth-order valence-corrected chi connectivity index (χ4v) is 3.40. The van der Waals surface area contributed by atoms with Crippen LogP contribution in [0.25, 0.3) is 0 Å². The summed E-state index contributed by atoms with van der Waals surface area (Å²) in [6.45, 7) is 5.86. The van der Waals surface area contributed by atoms with E-state index in [9.17, 15) is 0 Å². The van der Waals surface area contributed by atoms with Gasteiger partial charge >= 0.3 is 0 Å². The first-order chi connectivity index (χ1) is 8.72. The normalized spacial score (nSPS) is 31.6. The molecule has 2 atom stereocenters. The highest BCUT2D eigenvalue weighted by Gasteiger charge is 2.26. The molecule has 3 aliphatic heterocycles. The van der Waals surface area contributed by atoms with Crippen LogP contribution in [0.15, 0.2) is 27.8 Å². The van der Waals surface area contributed by atoms with Crippen LogP contribution in [0.2, 0.25) is 0 Å². The Hall–Kier alpha value is -0.610. The minimum absolute atomic E-state index is 0.465. The zero-order valence-corrected chi connectivity index (χ0v) is 12.4. The van der Waals surface area contributed by atoms with Gasteiger partial charge in [-0.15, -0.1) is 0 Å². The lowest BCUT2D eigenvalue weighted by Gasteiger charge is -2.22. The van der Waals surface area contributed by atoms with Crippen molar-refractivity contribution in [2.24, 2.45) is 4.99 Å². The van der Waals surface area contributed by atoms with Crippen LogP contribution < -0.4 is 0 Å². The molecule has 3 heterocycles. The van der Waals surface area contributed by atoms with Crippen molar-refractivity contribution in [3.63, 3.8) is 0 Å². The Balaban J connectivity index is 1.54. The highest BCUT2D eigenvalue weighted by molar-refractivity contribution is 9.11. The molecule has 4 heteroatoms. The van der Waals surface area contributed by atoms with Gasteiger partial charge in [-0.2, -0.15) is 0 Å². The minimum atomic E-state index is 0.465. The van der Waals surface area contributed by atoms with Crippen molar-refractivity contribution in [2.45, 2.75) is 38.3 Å². The van der Waals surface area contributed by atoms with Gasteiger partial charge < -0.3 is 9.80 Å². The van der Waals surface area contributed by atoms with E-state index in [4.69, 9.17) is 4.99 Å². The van der Waals surface area contributed by atoms with Crippen molar-refractivity contribution in [1.82, 2.24) is 9.80 Å². The predicted octanol–water partition coefficient (Wildman–Crippen LogP) is 2.75. The highest BCUT2D eigenvalue weighted by atomic mass is 79.9. The van der Waals surface area contributed by atoms with Crippen molar-refractivity contribution >= 4 is 21.8 Å². The molecule has 1 saturated heterocycles. The molecule has 1 unspecified atom stereocenters. The topological polar surface area (TPSA) is 18.8 Å². The third kappa shape index (κ3) is 2.54. The SMILES string of the molecule is C[C@@H]1CCCN1CCC1CN2C=C(Br)C=CC2=N1. The summed E-state index contributed by atoms with van der Waals surface area (Å²) in [5.41, 5.74) is 0. The van der Waals surface area contributed by atoms with Crippen molar-refractivity contribution in [3.05, 3.63) is 22.8 Å². The van der Waals surface area contributed by atoms with E-state index < -0.39 is 0 Å². The first kappa shape index (κ1) is 12.4. The standard InChI is InChI=1S/C14H20BrN3/c1-11-3-2-7-17(11)8-6-13-10-18-9-12(15)4-5-14(18)16-13/h4-5,9,11,13H,2-3,6-8,10H2,1H3/t11-,13?/m1/s1. The van der Waals surface area contributed by atoms with Crippen molar-refractivity contribution < 1.29 is 0 Å². The maximum atomic E-state index is 4.79. The number of amidine groups is 1. The zero-order valence-electron chi connectivity index (χ0n) is 10.8. The van der Waals surface area contributed by atoms with Crippen LogP contribution in [0.3, 0.4) is 0 Å². The first-order valence-electron chi connectivity index (χ1n) is 6.86. The Morgan fingerprint density at radius 2 is 2.33 bits per heavy atom. The van der Waals surface area contributed by atoms with Crippen LogP contribution in [0.5, 0.6) is 0 Å². The number of hydrogen-bond acceptors (Lipinski definition) is 3. The molecular formula is C14H20BrN3. The van der Waals surface area contributed by atoms with E-state index in [-0.39, 0.29) is 0 Å². The second-order valence-corrected chi connectivity index (χ2v) is 6.37. The summed E-state index contributed by atoms with van der Waals surface area (Å²) in [6.07, 6.45) is 10.2. The molecular weight excluding hydrogens is 290 g/mol. The second-order valence-electron chi connectivity index (χ2n) is 5.46. The Labute approximate surface area is 117 Å². The third-order valence-electron chi connectivity index (χ3n) is 4.13. The van der Waals surface area contributed by atoms with Gasteiger partial charge in [-0.05, 0) is 60.8 Å². The number of likely N-dealkylation sites (tertiary alicyclic amines) is 1. The molecule has 3 rings (SSSR count). The van der Waals surface area contributed by atoms with Crippen molar-refractivity contribution in [3.8, 4) is 0 Å². The third-order valence-corrected chi connectivity index (χ3v) is 4.60. The number of hydrogen-bond donors (Lipinski definition) is 0. The van der Waals surface area contributed by atoms with Crippen LogP contribution in [-0.2, 0) is 0 Å². The number of aliphatic imine (C=N–C) groups is 1. The quantitative estimate of drug-likeness (QED) is 0.798. The Morgan fingerprint density at radius 1 is 1.44 bits per heavy atom. The summed E-state index contributed by atoms with van der Waals surface area (Å²) in [4.78, 5) is 9.66. The molecule has 98 valence electrons. The summed E-state index contributed by atoms with van der Waals surface area (Å²) in [5.74, 6) is 1.12. The summed E-state index contributed by atoms with van der Waals surface area (Å²) in [6, 6.07) is 1.24. The van der Waals surface area contributed by atoms with Gasteiger partial charge in [-0.25, -0.2) is 0 Å². The van der Waals surface area contributed by atoms with Crippen LogP contribution in [0.1, 0.15) is 26.2 Å². The van der Waals surface area contributed by atoms with E-state index in [1.165, 1.54) is 32.4 Å². The summed E-state index contributed by atoms with van der Waals surface area (Å²) in [5, 5.41) is 0. The van der Waals surface area contributed by atoms with E-state index in [2.05, 4.69) is 51.0 Å². The highest BCUT2D eigenvalue weighted by Crippen LogP contribution is 2.23. The average Bonchev–Trinajstić information content (AvgIpc) is 2.92. The van der Waals surface area contributed by atoms with Crippen LogP contribution in [0.4, 0.5) is 0 Å². The van der Waals surface area contributed by atoms with E-state index in [0.717, 1.165) is 22.9 Å². The van der Waals surface area contributed by atoms with Crippen LogP contribution in [0, 0.1) is 0 Å². The minimum Gasteiger partial charge on any atom is -0.330 e. The van der Waals surface area contributed by atoms with Gasteiger partial charge in [0.1, 0.15) is 5.84 Å². The Morgan fingerprint density at radius 3 is 3.11 bits per heavy atom. The second kappa shape index (κ2) is 5.17. The largest absolute Gasteiger partial charge is 0.330 e. The van der Waals surface area contributed by atoms with Gasteiger partial charge in [0.15, 0.2) is 0 Å². The molecule has 0 aliphatic carbocycles. The van der Waals surface area contributed by atoms with Gasteiger partial charge in [0.25, 0.3) is 0 Å². The number of fused-ring (bicyclic) bond motifs is 1. The van der Waals surface area contributed by atoms with Gasteiger partial charge in [0.05, 0.1) is 6.04 Å². The molecule has 0 radical (unpaired) electrons. The van der Waals surface area contributed by atoms with E-state index in [1.54, 1.807) is 0 Å². The molecule has 3 aliphatic rings. The van der Waals surface area contributed by atoms with E-state index >= 15 is 0 Å². The summed E-state index contributed by atoms with van der Waals surface area (Å²) >= 11 is 3.51. The Bertz CT molecular complexity index is 413. The number of allylic oxidation sites excluding steroid dienone is 2. The molecule has 0 aromatic rings. The lowest BCUT2D eigenvalue weighted by Crippen LogP contribution is -2.31. The number of nitrogens with zero attached hydrogens (tertiary/aromatic N) is 3. The van der Waals surface area contributed by atoms with Crippen molar-refractivity contribution in [2.75, 3.05) is 19.6 Å². The number of halogens is 1. The lowest BCUT2D eigenvalue weighted by atomic mass is 10.2. The molecule has 0 amide bonds. The van der Waals surface area contributed by atoms with Crippen LogP contribution in [-0.4, -0.2) is 47.4 Å². The summed E-state index contributed by atoms with van der Waals surface area (Å²) in [7, 11) is 0. The van der Waals surface area contributed by atoms with Gasteiger partial charge in [-0.3, -0.25) is 4.99 Å².